The van der Waals surface area contributed by atoms with Crippen LogP contribution in [0.5, 0.6) is 0 Å². The summed E-state index contributed by atoms with van der Waals surface area (Å²) in [6.07, 6.45) is 5.07. The maximum absolute atomic E-state index is 11.9. The van der Waals surface area contributed by atoms with E-state index < -0.39 is 0 Å². The van der Waals surface area contributed by atoms with Crippen LogP contribution < -0.4 is 0 Å². The average Bonchev–Trinajstić information content (AvgIpc) is 3.05. The summed E-state index contributed by atoms with van der Waals surface area (Å²) in [5.74, 6) is 0.190. The molecule has 0 aliphatic heterocycles. The van der Waals surface area contributed by atoms with Gasteiger partial charge < -0.3 is 4.90 Å². The molecule has 0 saturated carbocycles. The van der Waals surface area contributed by atoms with Gasteiger partial charge in [-0.1, -0.05) is 6.07 Å². The van der Waals surface area contributed by atoms with Gasteiger partial charge in [0.1, 0.15) is 0 Å². The Hall–Kier alpha value is -1.62. The summed E-state index contributed by atoms with van der Waals surface area (Å²) < 4.78 is 1.84. The van der Waals surface area contributed by atoms with E-state index in [-0.39, 0.29) is 5.91 Å². The summed E-state index contributed by atoms with van der Waals surface area (Å²) in [5.41, 5.74) is 0. The quantitative estimate of drug-likeness (QED) is 0.800. The van der Waals surface area contributed by atoms with Crippen molar-refractivity contribution in [2.45, 2.75) is 19.4 Å². The fourth-order valence-corrected chi connectivity index (χ4v) is 2.39. The summed E-state index contributed by atoms with van der Waals surface area (Å²) in [6.45, 7) is 1.44. The molecule has 2 heterocycles. The van der Waals surface area contributed by atoms with Crippen molar-refractivity contribution in [2.24, 2.45) is 0 Å². The predicted octanol–water partition coefficient (Wildman–Crippen LogP) is 2.04. The zero-order valence-corrected chi connectivity index (χ0v) is 11.3. The van der Waals surface area contributed by atoms with E-state index in [9.17, 15) is 4.79 Å². The molecule has 5 heteroatoms. The number of carbonyl (C=O) groups is 1. The lowest BCUT2D eigenvalue weighted by atomic mass is 10.2. The number of thiophene rings is 1. The van der Waals surface area contributed by atoms with Crippen molar-refractivity contribution in [3.05, 3.63) is 40.8 Å². The van der Waals surface area contributed by atoms with Gasteiger partial charge in [-0.2, -0.15) is 5.10 Å². The minimum Gasteiger partial charge on any atom is -0.344 e. The van der Waals surface area contributed by atoms with Gasteiger partial charge in [0.05, 0.1) is 6.54 Å². The van der Waals surface area contributed by atoms with Crippen LogP contribution in [0.3, 0.4) is 0 Å². The third-order valence-corrected chi connectivity index (χ3v) is 3.75. The maximum atomic E-state index is 11.9. The maximum Gasteiger partial charge on any atom is 0.222 e. The highest BCUT2D eigenvalue weighted by atomic mass is 32.1. The van der Waals surface area contributed by atoms with E-state index in [2.05, 4.69) is 11.2 Å². The van der Waals surface area contributed by atoms with Crippen molar-refractivity contribution >= 4 is 17.2 Å². The van der Waals surface area contributed by atoms with E-state index in [0.29, 0.717) is 13.0 Å². The fraction of sp³-hybridized carbons (Fsp3) is 0.385. The number of rotatable bonds is 6. The minimum atomic E-state index is 0.190. The number of likely N-dealkylation sites (N-methyl/N-ethyl adjacent to an activating group) is 1. The van der Waals surface area contributed by atoms with Crippen molar-refractivity contribution in [1.82, 2.24) is 14.7 Å². The lowest BCUT2D eigenvalue weighted by Gasteiger charge is -2.16. The molecular weight excluding hydrogens is 246 g/mol. The molecule has 4 nitrogen and oxygen atoms in total. The Morgan fingerprint density at radius 1 is 1.50 bits per heavy atom. The highest BCUT2D eigenvalue weighted by molar-refractivity contribution is 7.09. The molecule has 1 amide bonds. The number of hydrogen-bond acceptors (Lipinski definition) is 3. The van der Waals surface area contributed by atoms with Gasteiger partial charge in [0.15, 0.2) is 0 Å². The molecule has 0 spiro atoms. The molecule has 96 valence electrons. The number of carbonyl (C=O) groups excluding carboxylic acids is 1. The van der Waals surface area contributed by atoms with Crippen LogP contribution in [0.15, 0.2) is 36.0 Å². The smallest absolute Gasteiger partial charge is 0.222 e. The summed E-state index contributed by atoms with van der Waals surface area (Å²) >= 11 is 1.70. The van der Waals surface area contributed by atoms with Crippen LogP contribution in [0.2, 0.25) is 0 Å². The third kappa shape index (κ3) is 3.70. The van der Waals surface area contributed by atoms with Gasteiger partial charge in [-0.15, -0.1) is 11.3 Å². The van der Waals surface area contributed by atoms with Crippen molar-refractivity contribution < 1.29 is 4.79 Å². The van der Waals surface area contributed by atoms with Gasteiger partial charge in [-0.25, -0.2) is 0 Å². The molecule has 0 radical (unpaired) electrons. The monoisotopic (exact) mass is 263 g/mol. The van der Waals surface area contributed by atoms with Crippen LogP contribution in [-0.4, -0.2) is 34.2 Å². The molecule has 2 aromatic rings. The second kappa shape index (κ2) is 6.35. The van der Waals surface area contributed by atoms with Crippen molar-refractivity contribution in [2.75, 3.05) is 13.6 Å². The normalized spacial score (nSPS) is 10.5. The highest BCUT2D eigenvalue weighted by Gasteiger charge is 2.09. The molecular formula is C13H17N3OS. The summed E-state index contributed by atoms with van der Waals surface area (Å²) in [7, 11) is 1.85. The van der Waals surface area contributed by atoms with E-state index in [1.165, 1.54) is 4.88 Å². The SMILES string of the molecule is CN(CCn1cccn1)C(=O)CCc1cccs1. The van der Waals surface area contributed by atoms with Crippen molar-refractivity contribution in [1.29, 1.82) is 0 Å². The number of nitrogens with zero attached hydrogens (tertiary/aromatic N) is 3. The lowest BCUT2D eigenvalue weighted by Crippen LogP contribution is -2.30. The first kappa shape index (κ1) is 12.8. The average molecular weight is 263 g/mol. The summed E-state index contributed by atoms with van der Waals surface area (Å²) in [5, 5.41) is 6.16. The second-order valence-electron chi connectivity index (χ2n) is 4.16. The first-order chi connectivity index (χ1) is 8.75. The zero-order chi connectivity index (χ0) is 12.8. The Bertz CT molecular complexity index is 464. The Kier molecular flexibility index (Phi) is 4.52. The van der Waals surface area contributed by atoms with E-state index in [0.717, 1.165) is 13.0 Å². The van der Waals surface area contributed by atoms with Gasteiger partial charge >= 0.3 is 0 Å². The molecule has 0 aliphatic carbocycles. The van der Waals surface area contributed by atoms with Crippen LogP contribution >= 0.6 is 11.3 Å². The van der Waals surface area contributed by atoms with Crippen LogP contribution in [0, 0.1) is 0 Å². The number of aryl methyl sites for hydroxylation is 1. The van der Waals surface area contributed by atoms with Crippen molar-refractivity contribution in [3.8, 4) is 0 Å². The zero-order valence-electron chi connectivity index (χ0n) is 10.5. The Balaban J connectivity index is 1.71. The van der Waals surface area contributed by atoms with Crippen LogP contribution in [0.4, 0.5) is 0 Å². The largest absolute Gasteiger partial charge is 0.344 e. The molecule has 2 aromatic heterocycles. The fourth-order valence-electron chi connectivity index (χ4n) is 1.69. The van der Waals surface area contributed by atoms with Gasteiger partial charge in [-0.3, -0.25) is 9.48 Å². The third-order valence-electron chi connectivity index (χ3n) is 2.81. The Morgan fingerprint density at radius 2 is 2.39 bits per heavy atom. The van der Waals surface area contributed by atoms with E-state index in [4.69, 9.17) is 0 Å². The molecule has 0 fully saturated rings. The summed E-state index contributed by atoms with van der Waals surface area (Å²) in [4.78, 5) is 14.9. The number of aromatic nitrogens is 2. The van der Waals surface area contributed by atoms with E-state index >= 15 is 0 Å². The van der Waals surface area contributed by atoms with Gasteiger partial charge in [0, 0.05) is 37.3 Å². The minimum absolute atomic E-state index is 0.190. The Morgan fingerprint density at radius 3 is 3.06 bits per heavy atom. The Labute approximate surface area is 111 Å². The van der Waals surface area contributed by atoms with E-state index in [1.54, 1.807) is 22.4 Å². The molecule has 0 bridgehead atoms. The molecule has 0 saturated heterocycles. The standard InChI is InChI=1S/C13H17N3OS/c1-15(9-10-16-8-3-7-14-16)13(17)6-5-12-4-2-11-18-12/h2-4,7-8,11H,5-6,9-10H2,1H3. The first-order valence-electron chi connectivity index (χ1n) is 5.99. The van der Waals surface area contributed by atoms with Crippen LogP contribution in [-0.2, 0) is 17.8 Å². The number of hydrogen-bond donors (Lipinski definition) is 0. The van der Waals surface area contributed by atoms with E-state index in [1.807, 2.05) is 35.4 Å². The molecule has 0 N–H and O–H groups in total. The van der Waals surface area contributed by atoms with Gasteiger partial charge in [0.2, 0.25) is 5.91 Å². The molecule has 18 heavy (non-hydrogen) atoms. The van der Waals surface area contributed by atoms with Crippen LogP contribution in [0.25, 0.3) is 0 Å². The van der Waals surface area contributed by atoms with Gasteiger partial charge in [-0.05, 0) is 23.9 Å². The molecule has 0 aliphatic rings. The first-order valence-corrected chi connectivity index (χ1v) is 6.87. The van der Waals surface area contributed by atoms with Crippen molar-refractivity contribution in [3.63, 3.8) is 0 Å². The topological polar surface area (TPSA) is 38.1 Å². The lowest BCUT2D eigenvalue weighted by molar-refractivity contribution is -0.130. The molecule has 0 aromatic carbocycles. The predicted molar refractivity (Wildman–Crippen MR) is 72.5 cm³/mol. The van der Waals surface area contributed by atoms with Gasteiger partial charge in [0.25, 0.3) is 0 Å². The molecule has 0 unspecified atom stereocenters. The molecule has 2 rings (SSSR count). The highest BCUT2D eigenvalue weighted by Crippen LogP contribution is 2.11. The molecule has 0 atom stereocenters. The summed E-state index contributed by atoms with van der Waals surface area (Å²) in [6, 6.07) is 5.98. The van der Waals surface area contributed by atoms with Crippen LogP contribution in [0.1, 0.15) is 11.3 Å². The number of amides is 1. The second-order valence-corrected chi connectivity index (χ2v) is 5.20.